The highest BCUT2D eigenvalue weighted by atomic mass is 16.3. The van der Waals surface area contributed by atoms with E-state index in [1.165, 1.54) is 5.56 Å². The molecule has 2 N–H and O–H groups in total. The van der Waals surface area contributed by atoms with Crippen molar-refractivity contribution in [2.75, 3.05) is 20.1 Å². The first-order valence-corrected chi connectivity index (χ1v) is 7.34. The fourth-order valence-electron chi connectivity index (χ4n) is 3.10. The molecule has 1 atom stereocenters. The fraction of sp³-hybridized carbons (Fsp3) is 0.562. The van der Waals surface area contributed by atoms with E-state index in [1.807, 2.05) is 18.2 Å². The van der Waals surface area contributed by atoms with Gasteiger partial charge in [-0.25, -0.2) is 0 Å². The van der Waals surface area contributed by atoms with Gasteiger partial charge in [-0.3, -0.25) is 4.79 Å². The number of carbonyl (C=O) groups is 1. The van der Waals surface area contributed by atoms with Crippen molar-refractivity contribution in [2.24, 2.45) is 0 Å². The van der Waals surface area contributed by atoms with Crippen LogP contribution in [0.15, 0.2) is 30.3 Å². The van der Waals surface area contributed by atoms with Crippen LogP contribution in [0.3, 0.4) is 0 Å². The summed E-state index contributed by atoms with van der Waals surface area (Å²) in [5.74, 6) is -0.153. The molecule has 0 unspecified atom stereocenters. The van der Waals surface area contributed by atoms with Gasteiger partial charge in [0.25, 0.3) is 5.91 Å². The number of piperidine rings is 1. The summed E-state index contributed by atoms with van der Waals surface area (Å²) in [7, 11) is 1.76. The predicted molar refractivity (Wildman–Crippen MR) is 77.2 cm³/mol. The number of carbonyl (C=O) groups excluding carboxylic acids is 1. The molecule has 2 aliphatic rings. The highest BCUT2D eigenvalue weighted by molar-refractivity contribution is 5.85. The molecule has 1 saturated heterocycles. The van der Waals surface area contributed by atoms with Gasteiger partial charge in [-0.05, 0) is 31.2 Å². The Morgan fingerprint density at radius 3 is 2.60 bits per heavy atom. The van der Waals surface area contributed by atoms with E-state index in [2.05, 4.69) is 17.4 Å². The number of likely N-dealkylation sites (N-methyl/N-ethyl adjacent to an activating group) is 1. The zero-order chi connectivity index (χ0) is 14.2. The molecular weight excluding hydrogens is 252 g/mol. The monoisotopic (exact) mass is 274 g/mol. The van der Waals surface area contributed by atoms with Gasteiger partial charge in [0.05, 0.1) is 0 Å². The van der Waals surface area contributed by atoms with Gasteiger partial charge in [0.1, 0.15) is 0 Å². The molecule has 1 heterocycles. The van der Waals surface area contributed by atoms with E-state index in [1.54, 1.807) is 11.9 Å². The standard InChI is InChI=1S/C16H22N2O2/c1-18-11-5-8-16(20,14(18)19)12-17-15(9-10-15)13-6-3-2-4-7-13/h2-4,6-7,17,20H,5,8-12H2,1H3/t16-/m1/s1. The van der Waals surface area contributed by atoms with Gasteiger partial charge in [-0.2, -0.15) is 0 Å². The molecule has 3 rings (SSSR count). The third-order valence-electron chi connectivity index (χ3n) is 4.62. The lowest BCUT2D eigenvalue weighted by atomic mass is 9.91. The molecule has 1 aromatic carbocycles. The Bertz CT molecular complexity index is 498. The minimum Gasteiger partial charge on any atom is -0.379 e. The SMILES string of the molecule is CN1CCC[C@@](O)(CNC2(c3ccccc3)CC2)C1=O. The summed E-state index contributed by atoms with van der Waals surface area (Å²) in [6.07, 6.45) is 3.54. The molecule has 4 heteroatoms. The maximum atomic E-state index is 12.2. The molecule has 0 spiro atoms. The van der Waals surface area contributed by atoms with Crippen LogP contribution in [0.25, 0.3) is 0 Å². The zero-order valence-corrected chi connectivity index (χ0v) is 11.9. The van der Waals surface area contributed by atoms with Crippen LogP contribution in [0.1, 0.15) is 31.2 Å². The Labute approximate surface area is 119 Å². The second-order valence-corrected chi connectivity index (χ2v) is 6.16. The zero-order valence-electron chi connectivity index (χ0n) is 11.9. The normalized spacial score (nSPS) is 28.5. The molecule has 20 heavy (non-hydrogen) atoms. The third-order valence-corrected chi connectivity index (χ3v) is 4.62. The number of hydrogen-bond acceptors (Lipinski definition) is 3. The molecule has 108 valence electrons. The van der Waals surface area contributed by atoms with Crippen molar-refractivity contribution in [2.45, 2.75) is 36.8 Å². The summed E-state index contributed by atoms with van der Waals surface area (Å²) in [5, 5.41) is 14.0. The molecular formula is C16H22N2O2. The van der Waals surface area contributed by atoms with Crippen LogP contribution in [0.4, 0.5) is 0 Å². The molecule has 0 bridgehead atoms. The van der Waals surface area contributed by atoms with Crippen molar-refractivity contribution in [1.29, 1.82) is 0 Å². The molecule has 2 fully saturated rings. The maximum Gasteiger partial charge on any atom is 0.255 e. The average Bonchev–Trinajstić information content (AvgIpc) is 3.25. The number of hydrogen-bond donors (Lipinski definition) is 2. The van der Waals surface area contributed by atoms with Gasteiger partial charge in [-0.1, -0.05) is 30.3 Å². The molecule has 1 aliphatic carbocycles. The van der Waals surface area contributed by atoms with Crippen molar-refractivity contribution < 1.29 is 9.90 Å². The topological polar surface area (TPSA) is 52.6 Å². The smallest absolute Gasteiger partial charge is 0.255 e. The number of aliphatic hydroxyl groups is 1. The summed E-state index contributed by atoms with van der Waals surface area (Å²) >= 11 is 0. The summed E-state index contributed by atoms with van der Waals surface area (Å²) < 4.78 is 0. The van der Waals surface area contributed by atoms with Gasteiger partial charge < -0.3 is 15.3 Å². The highest BCUT2D eigenvalue weighted by Gasteiger charge is 2.48. The minimum atomic E-state index is -1.24. The molecule has 0 radical (unpaired) electrons. The average molecular weight is 274 g/mol. The van der Waals surface area contributed by atoms with E-state index in [4.69, 9.17) is 0 Å². The largest absolute Gasteiger partial charge is 0.379 e. The number of likely N-dealkylation sites (tertiary alicyclic amines) is 1. The van der Waals surface area contributed by atoms with Gasteiger partial charge in [0, 0.05) is 25.7 Å². The lowest BCUT2D eigenvalue weighted by Crippen LogP contribution is -2.58. The van der Waals surface area contributed by atoms with Crippen molar-refractivity contribution in [3.8, 4) is 0 Å². The predicted octanol–water partition coefficient (Wildman–Crippen LogP) is 1.25. The maximum absolute atomic E-state index is 12.2. The first-order chi connectivity index (χ1) is 9.56. The summed E-state index contributed by atoms with van der Waals surface area (Å²) in [4.78, 5) is 13.8. The Morgan fingerprint density at radius 1 is 1.25 bits per heavy atom. The van der Waals surface area contributed by atoms with Crippen LogP contribution in [0.5, 0.6) is 0 Å². The second-order valence-electron chi connectivity index (χ2n) is 6.16. The Kier molecular flexibility index (Phi) is 3.30. The van der Waals surface area contributed by atoms with Crippen LogP contribution in [0, 0.1) is 0 Å². The van der Waals surface area contributed by atoms with Crippen molar-refractivity contribution in [1.82, 2.24) is 10.2 Å². The van der Waals surface area contributed by atoms with Crippen LogP contribution in [-0.2, 0) is 10.3 Å². The van der Waals surface area contributed by atoms with Gasteiger partial charge in [0.2, 0.25) is 0 Å². The van der Waals surface area contributed by atoms with Crippen LogP contribution in [-0.4, -0.2) is 41.7 Å². The summed E-state index contributed by atoms with van der Waals surface area (Å²) in [6, 6.07) is 10.3. The molecule has 1 aliphatic heterocycles. The quantitative estimate of drug-likeness (QED) is 0.869. The molecule has 0 aromatic heterocycles. The fourth-order valence-corrected chi connectivity index (χ4v) is 3.10. The summed E-state index contributed by atoms with van der Waals surface area (Å²) in [5.41, 5.74) is -0.0230. The van der Waals surface area contributed by atoms with E-state index in [0.717, 1.165) is 25.8 Å². The highest BCUT2D eigenvalue weighted by Crippen LogP contribution is 2.45. The Balaban J connectivity index is 1.69. The Hall–Kier alpha value is -1.39. The molecule has 1 aromatic rings. The minimum absolute atomic E-state index is 0.0344. The Morgan fingerprint density at radius 2 is 1.95 bits per heavy atom. The molecule has 4 nitrogen and oxygen atoms in total. The summed E-state index contributed by atoms with van der Waals surface area (Å²) in [6.45, 7) is 1.08. The van der Waals surface area contributed by atoms with E-state index in [0.29, 0.717) is 13.0 Å². The van der Waals surface area contributed by atoms with Crippen molar-refractivity contribution in [3.05, 3.63) is 35.9 Å². The van der Waals surface area contributed by atoms with Crippen molar-refractivity contribution in [3.63, 3.8) is 0 Å². The van der Waals surface area contributed by atoms with E-state index >= 15 is 0 Å². The van der Waals surface area contributed by atoms with Gasteiger partial charge in [-0.15, -0.1) is 0 Å². The molecule has 1 saturated carbocycles. The van der Waals surface area contributed by atoms with E-state index in [9.17, 15) is 9.90 Å². The first-order valence-electron chi connectivity index (χ1n) is 7.34. The van der Waals surface area contributed by atoms with Crippen molar-refractivity contribution >= 4 is 5.91 Å². The number of nitrogens with zero attached hydrogens (tertiary/aromatic N) is 1. The third kappa shape index (κ3) is 2.34. The number of benzene rings is 1. The van der Waals surface area contributed by atoms with E-state index < -0.39 is 5.60 Å². The van der Waals surface area contributed by atoms with Crippen LogP contribution >= 0.6 is 0 Å². The lowest BCUT2D eigenvalue weighted by Gasteiger charge is -2.37. The van der Waals surface area contributed by atoms with Crippen LogP contribution in [0.2, 0.25) is 0 Å². The first kappa shape index (κ1) is 13.6. The van der Waals surface area contributed by atoms with Gasteiger partial charge in [0.15, 0.2) is 5.60 Å². The lowest BCUT2D eigenvalue weighted by molar-refractivity contribution is -0.155. The number of amides is 1. The number of nitrogens with one attached hydrogen (secondary N) is 1. The van der Waals surface area contributed by atoms with Crippen LogP contribution < -0.4 is 5.32 Å². The molecule has 1 amide bonds. The van der Waals surface area contributed by atoms with E-state index in [-0.39, 0.29) is 11.4 Å². The van der Waals surface area contributed by atoms with Gasteiger partial charge >= 0.3 is 0 Å². The second kappa shape index (κ2) is 4.86. The number of rotatable bonds is 4.